The van der Waals surface area contributed by atoms with Crippen molar-refractivity contribution in [3.8, 4) is 0 Å². The number of imidazole rings is 1. The van der Waals surface area contributed by atoms with Gasteiger partial charge in [0.2, 0.25) is 0 Å². The van der Waals surface area contributed by atoms with Crippen LogP contribution >= 0.6 is 12.2 Å². The zero-order chi connectivity index (χ0) is 12.4. The van der Waals surface area contributed by atoms with E-state index < -0.39 is 0 Å². The number of H-pyrrole nitrogens is 1. The normalized spacial score (nSPS) is 10.8. The average molecular weight is 250 g/mol. The number of rotatable bonds is 3. The SMILES string of the molecule is Cc1cn(CCc2ccc(F)cc2C)c(=S)[nH]1. The van der Waals surface area contributed by atoms with Gasteiger partial charge in [0.1, 0.15) is 5.82 Å². The minimum absolute atomic E-state index is 0.180. The smallest absolute Gasteiger partial charge is 0.177 e. The number of benzene rings is 1. The van der Waals surface area contributed by atoms with E-state index >= 15 is 0 Å². The Labute approximate surface area is 105 Å². The van der Waals surface area contributed by atoms with Gasteiger partial charge in [0.05, 0.1) is 0 Å². The Morgan fingerprint density at radius 1 is 1.35 bits per heavy atom. The van der Waals surface area contributed by atoms with Gasteiger partial charge >= 0.3 is 0 Å². The van der Waals surface area contributed by atoms with Crippen molar-refractivity contribution in [2.75, 3.05) is 0 Å². The largest absolute Gasteiger partial charge is 0.335 e. The maximum absolute atomic E-state index is 13.0. The number of nitrogens with zero attached hydrogens (tertiary/aromatic N) is 1. The summed E-state index contributed by atoms with van der Waals surface area (Å²) in [6.45, 7) is 4.73. The van der Waals surface area contributed by atoms with Crippen LogP contribution in [0.25, 0.3) is 0 Å². The molecule has 1 aromatic carbocycles. The van der Waals surface area contributed by atoms with Gasteiger partial charge in [-0.1, -0.05) is 6.07 Å². The Kier molecular flexibility index (Phi) is 3.43. The maximum atomic E-state index is 13.0. The van der Waals surface area contributed by atoms with Crippen molar-refractivity contribution in [3.63, 3.8) is 0 Å². The summed E-state index contributed by atoms with van der Waals surface area (Å²) in [7, 11) is 0. The van der Waals surface area contributed by atoms with Gasteiger partial charge in [0.15, 0.2) is 4.77 Å². The van der Waals surface area contributed by atoms with Crippen LogP contribution in [0.4, 0.5) is 4.39 Å². The molecule has 0 aliphatic heterocycles. The lowest BCUT2D eigenvalue weighted by atomic mass is 10.1. The molecule has 1 heterocycles. The molecule has 17 heavy (non-hydrogen) atoms. The Balaban J connectivity index is 2.12. The van der Waals surface area contributed by atoms with Crippen molar-refractivity contribution < 1.29 is 4.39 Å². The number of nitrogens with one attached hydrogen (secondary N) is 1. The molecule has 0 saturated carbocycles. The monoisotopic (exact) mass is 250 g/mol. The first-order valence-electron chi connectivity index (χ1n) is 5.57. The van der Waals surface area contributed by atoms with Crippen LogP contribution in [0.3, 0.4) is 0 Å². The fraction of sp³-hybridized carbons (Fsp3) is 0.308. The van der Waals surface area contributed by atoms with E-state index in [2.05, 4.69) is 4.98 Å². The molecule has 4 heteroatoms. The van der Waals surface area contributed by atoms with Gasteiger partial charge in [0, 0.05) is 18.4 Å². The van der Waals surface area contributed by atoms with Gasteiger partial charge in [-0.2, -0.15) is 0 Å². The number of halogens is 1. The molecule has 0 fully saturated rings. The molecule has 0 spiro atoms. The average Bonchev–Trinajstić information content (AvgIpc) is 2.56. The Hall–Kier alpha value is -1.42. The topological polar surface area (TPSA) is 20.7 Å². The second kappa shape index (κ2) is 4.84. The summed E-state index contributed by atoms with van der Waals surface area (Å²) in [5, 5.41) is 0. The summed E-state index contributed by atoms with van der Waals surface area (Å²) < 4.78 is 15.7. The van der Waals surface area contributed by atoms with E-state index in [9.17, 15) is 4.39 Å². The van der Waals surface area contributed by atoms with E-state index in [1.165, 1.54) is 6.07 Å². The quantitative estimate of drug-likeness (QED) is 0.826. The summed E-state index contributed by atoms with van der Waals surface area (Å²) in [4.78, 5) is 3.09. The lowest BCUT2D eigenvalue weighted by molar-refractivity contribution is 0.623. The first kappa shape index (κ1) is 12.0. The standard InChI is InChI=1S/C13H15FN2S/c1-9-7-12(14)4-3-11(9)5-6-16-8-10(2)15-13(16)17/h3-4,7-8H,5-6H2,1-2H3,(H,15,17). The minimum Gasteiger partial charge on any atom is -0.335 e. The van der Waals surface area contributed by atoms with Crippen molar-refractivity contribution in [2.45, 2.75) is 26.8 Å². The molecule has 0 aliphatic rings. The molecule has 1 N–H and O–H groups in total. The van der Waals surface area contributed by atoms with Gasteiger partial charge in [0.25, 0.3) is 0 Å². The van der Waals surface area contributed by atoms with Crippen molar-refractivity contribution in [1.29, 1.82) is 0 Å². The number of aromatic nitrogens is 2. The molecule has 0 atom stereocenters. The van der Waals surface area contributed by atoms with Crippen LogP contribution in [0.15, 0.2) is 24.4 Å². The first-order valence-corrected chi connectivity index (χ1v) is 5.98. The maximum Gasteiger partial charge on any atom is 0.177 e. The first-order chi connectivity index (χ1) is 8.06. The van der Waals surface area contributed by atoms with Crippen LogP contribution in [0.2, 0.25) is 0 Å². The summed E-state index contributed by atoms with van der Waals surface area (Å²) >= 11 is 5.19. The second-order valence-electron chi connectivity index (χ2n) is 4.26. The highest BCUT2D eigenvalue weighted by atomic mass is 32.1. The number of hydrogen-bond donors (Lipinski definition) is 1. The highest BCUT2D eigenvalue weighted by Gasteiger charge is 2.02. The van der Waals surface area contributed by atoms with E-state index in [-0.39, 0.29) is 5.82 Å². The summed E-state index contributed by atoms with van der Waals surface area (Å²) in [6, 6.07) is 4.91. The Morgan fingerprint density at radius 3 is 2.71 bits per heavy atom. The molecule has 0 bridgehead atoms. The second-order valence-corrected chi connectivity index (χ2v) is 4.64. The Morgan fingerprint density at radius 2 is 2.12 bits per heavy atom. The van der Waals surface area contributed by atoms with Crippen LogP contribution in [-0.4, -0.2) is 9.55 Å². The third kappa shape index (κ3) is 2.82. The third-order valence-corrected chi connectivity index (χ3v) is 3.18. The molecule has 2 aromatic rings. The highest BCUT2D eigenvalue weighted by Crippen LogP contribution is 2.12. The van der Waals surface area contributed by atoms with E-state index in [1.807, 2.05) is 30.7 Å². The van der Waals surface area contributed by atoms with Crippen LogP contribution < -0.4 is 0 Å². The fourth-order valence-electron chi connectivity index (χ4n) is 1.91. The van der Waals surface area contributed by atoms with E-state index in [0.717, 1.165) is 34.6 Å². The van der Waals surface area contributed by atoms with Crippen molar-refractivity contribution in [1.82, 2.24) is 9.55 Å². The van der Waals surface area contributed by atoms with Gasteiger partial charge in [-0.3, -0.25) is 0 Å². The number of hydrogen-bond acceptors (Lipinski definition) is 1. The van der Waals surface area contributed by atoms with Crippen LogP contribution in [0.5, 0.6) is 0 Å². The van der Waals surface area contributed by atoms with Crippen LogP contribution in [0.1, 0.15) is 16.8 Å². The molecule has 2 rings (SSSR count). The van der Waals surface area contributed by atoms with E-state index in [4.69, 9.17) is 12.2 Å². The summed E-state index contributed by atoms with van der Waals surface area (Å²) in [5.74, 6) is -0.180. The Bertz CT molecular complexity index is 583. The lowest BCUT2D eigenvalue weighted by Gasteiger charge is -2.06. The van der Waals surface area contributed by atoms with E-state index in [1.54, 1.807) is 6.07 Å². The molecule has 0 unspecified atom stereocenters. The highest BCUT2D eigenvalue weighted by molar-refractivity contribution is 7.71. The molecule has 90 valence electrons. The molecular formula is C13H15FN2S. The minimum atomic E-state index is -0.180. The van der Waals surface area contributed by atoms with Gasteiger partial charge in [-0.25, -0.2) is 4.39 Å². The molecule has 2 nitrogen and oxygen atoms in total. The molecule has 0 saturated heterocycles. The van der Waals surface area contributed by atoms with Gasteiger partial charge < -0.3 is 9.55 Å². The van der Waals surface area contributed by atoms with Crippen LogP contribution in [-0.2, 0) is 13.0 Å². The third-order valence-electron chi connectivity index (χ3n) is 2.84. The van der Waals surface area contributed by atoms with Gasteiger partial charge in [-0.05, 0) is 55.7 Å². The fourth-order valence-corrected chi connectivity index (χ4v) is 2.22. The number of aryl methyl sites for hydroxylation is 4. The summed E-state index contributed by atoms with van der Waals surface area (Å²) in [6.07, 6.45) is 2.86. The molecule has 1 aromatic heterocycles. The molecular weight excluding hydrogens is 235 g/mol. The molecule has 0 aliphatic carbocycles. The van der Waals surface area contributed by atoms with Crippen molar-refractivity contribution >= 4 is 12.2 Å². The summed E-state index contributed by atoms with van der Waals surface area (Å²) in [5.41, 5.74) is 3.21. The predicted molar refractivity (Wildman–Crippen MR) is 69.2 cm³/mol. The van der Waals surface area contributed by atoms with Crippen molar-refractivity contribution in [2.24, 2.45) is 0 Å². The van der Waals surface area contributed by atoms with Gasteiger partial charge in [-0.15, -0.1) is 0 Å². The van der Waals surface area contributed by atoms with Crippen molar-refractivity contribution in [3.05, 3.63) is 51.8 Å². The molecule has 0 radical (unpaired) electrons. The number of aromatic amines is 1. The van der Waals surface area contributed by atoms with Crippen LogP contribution in [0, 0.1) is 24.4 Å². The molecule has 0 amide bonds. The predicted octanol–water partition coefficient (Wildman–Crippen LogP) is 3.54. The van der Waals surface area contributed by atoms with E-state index in [0.29, 0.717) is 0 Å². The lowest BCUT2D eigenvalue weighted by Crippen LogP contribution is -2.01. The zero-order valence-corrected chi connectivity index (χ0v) is 10.8. The zero-order valence-electron chi connectivity index (χ0n) is 9.96.